The highest BCUT2D eigenvalue weighted by Crippen LogP contribution is 2.48. The first kappa shape index (κ1) is 24.8. The van der Waals surface area contributed by atoms with Crippen LogP contribution in [0.2, 0.25) is 0 Å². The maximum atomic E-state index is 11.2. The largest absolute Gasteiger partial charge is 0.489 e. The molecule has 0 atom stereocenters. The maximum absolute atomic E-state index is 11.2. The summed E-state index contributed by atoms with van der Waals surface area (Å²) in [4.78, 5) is 11.2. The summed E-state index contributed by atoms with van der Waals surface area (Å²) >= 11 is 0. The lowest BCUT2D eigenvalue weighted by Gasteiger charge is -2.42. The average Bonchev–Trinajstić information content (AvgIpc) is 2.82. The van der Waals surface area contributed by atoms with Crippen LogP contribution in [0.4, 0.5) is 0 Å². The molecular weight excluding hydrogens is 432 g/mol. The van der Waals surface area contributed by atoms with Crippen molar-refractivity contribution >= 4 is 12.0 Å². The molecule has 0 bridgehead atoms. The third-order valence-electron chi connectivity index (χ3n) is 7.31. The van der Waals surface area contributed by atoms with Crippen LogP contribution in [0.25, 0.3) is 6.08 Å². The lowest BCUT2D eigenvalue weighted by atomic mass is 9.63. The maximum Gasteiger partial charge on any atom is 0.335 e. The molecule has 1 aliphatic carbocycles. The van der Waals surface area contributed by atoms with Gasteiger partial charge in [-0.2, -0.15) is 0 Å². The van der Waals surface area contributed by atoms with Crippen LogP contribution in [-0.4, -0.2) is 11.1 Å². The highest BCUT2D eigenvalue weighted by Gasteiger charge is 2.37. The Kier molecular flexibility index (Phi) is 6.89. The molecule has 0 aliphatic heterocycles. The molecule has 1 aliphatic rings. The van der Waals surface area contributed by atoms with Gasteiger partial charge in [-0.1, -0.05) is 87.9 Å². The molecule has 182 valence electrons. The van der Waals surface area contributed by atoms with E-state index in [0.29, 0.717) is 12.2 Å². The number of hydrogen-bond donors (Lipinski definition) is 1. The lowest BCUT2D eigenvalue weighted by Crippen LogP contribution is -2.34. The second kappa shape index (κ2) is 9.73. The minimum absolute atomic E-state index is 0.116. The minimum atomic E-state index is -0.906. The first-order valence-electron chi connectivity index (χ1n) is 12.4. The lowest BCUT2D eigenvalue weighted by molar-refractivity contribution is 0.0697. The van der Waals surface area contributed by atoms with E-state index in [2.05, 4.69) is 65.0 Å². The van der Waals surface area contributed by atoms with Gasteiger partial charge in [-0.15, -0.1) is 0 Å². The molecule has 0 saturated heterocycles. The normalized spacial score (nSPS) is 16.4. The Labute approximate surface area is 209 Å². The third kappa shape index (κ3) is 5.67. The van der Waals surface area contributed by atoms with Gasteiger partial charge in [-0.25, -0.2) is 4.79 Å². The number of rotatable bonds is 7. The molecule has 0 aromatic heterocycles. The Morgan fingerprint density at radius 1 is 0.914 bits per heavy atom. The van der Waals surface area contributed by atoms with Crippen molar-refractivity contribution in [2.24, 2.45) is 0 Å². The third-order valence-corrected chi connectivity index (χ3v) is 7.31. The number of benzene rings is 3. The summed E-state index contributed by atoms with van der Waals surface area (Å²) in [6.07, 6.45) is 5.23. The van der Waals surface area contributed by atoms with Crippen molar-refractivity contribution in [2.45, 2.75) is 71.3 Å². The van der Waals surface area contributed by atoms with Crippen molar-refractivity contribution in [1.29, 1.82) is 0 Å². The molecule has 0 spiro atoms. The van der Waals surface area contributed by atoms with Gasteiger partial charge in [0, 0.05) is 0 Å². The van der Waals surface area contributed by atoms with Crippen LogP contribution in [0, 0.1) is 0 Å². The summed E-state index contributed by atoms with van der Waals surface area (Å²) in [6.45, 7) is 12.0. The minimum Gasteiger partial charge on any atom is -0.489 e. The van der Waals surface area contributed by atoms with Crippen molar-refractivity contribution in [3.8, 4) is 5.75 Å². The number of fused-ring (bicyclic) bond motifs is 1. The SMILES string of the molecule is CC(=Cc1ccc(C(=O)O)cc1)Cc1cc2c(cc1OCc1ccccc1)C(C)(C)CCC2(C)C. The van der Waals surface area contributed by atoms with Crippen LogP contribution in [0.1, 0.15) is 85.6 Å². The monoisotopic (exact) mass is 468 g/mol. The predicted octanol–water partition coefficient (Wildman–Crippen LogP) is 7.96. The fourth-order valence-electron chi connectivity index (χ4n) is 5.00. The molecule has 0 radical (unpaired) electrons. The van der Waals surface area contributed by atoms with Crippen LogP contribution in [0.15, 0.2) is 72.3 Å². The number of carboxylic acid groups (broad SMARTS) is 1. The van der Waals surface area contributed by atoms with Crippen molar-refractivity contribution in [2.75, 3.05) is 0 Å². The Hall–Kier alpha value is -3.33. The number of allylic oxidation sites excluding steroid dienone is 1. The van der Waals surface area contributed by atoms with Gasteiger partial charge >= 0.3 is 5.97 Å². The molecule has 0 heterocycles. The van der Waals surface area contributed by atoms with Crippen molar-refractivity contribution in [1.82, 2.24) is 0 Å². The Morgan fingerprint density at radius 2 is 1.51 bits per heavy atom. The van der Waals surface area contributed by atoms with Gasteiger partial charge in [-0.3, -0.25) is 0 Å². The van der Waals surface area contributed by atoms with Crippen LogP contribution in [-0.2, 0) is 23.9 Å². The first-order valence-corrected chi connectivity index (χ1v) is 12.4. The number of carbonyl (C=O) groups is 1. The zero-order valence-corrected chi connectivity index (χ0v) is 21.5. The van der Waals surface area contributed by atoms with Gasteiger partial charge in [0.1, 0.15) is 12.4 Å². The van der Waals surface area contributed by atoms with Gasteiger partial charge in [0.15, 0.2) is 0 Å². The van der Waals surface area contributed by atoms with Crippen LogP contribution in [0.5, 0.6) is 5.75 Å². The zero-order chi connectivity index (χ0) is 25.2. The molecule has 3 aromatic carbocycles. The van der Waals surface area contributed by atoms with E-state index in [9.17, 15) is 4.79 Å². The first-order chi connectivity index (χ1) is 16.5. The van der Waals surface area contributed by atoms with Gasteiger partial charge in [0.2, 0.25) is 0 Å². The van der Waals surface area contributed by atoms with Gasteiger partial charge in [0.25, 0.3) is 0 Å². The van der Waals surface area contributed by atoms with E-state index in [1.807, 2.05) is 30.3 Å². The molecule has 0 saturated carbocycles. The number of ether oxygens (including phenoxy) is 1. The summed E-state index contributed by atoms with van der Waals surface area (Å²) in [7, 11) is 0. The average molecular weight is 469 g/mol. The Bertz CT molecular complexity index is 1230. The van der Waals surface area contributed by atoms with E-state index in [4.69, 9.17) is 9.84 Å². The second-order valence-electron chi connectivity index (χ2n) is 11.1. The van der Waals surface area contributed by atoms with Crippen LogP contribution in [0.3, 0.4) is 0 Å². The predicted molar refractivity (Wildman–Crippen MR) is 143 cm³/mol. The van der Waals surface area contributed by atoms with E-state index in [1.54, 1.807) is 12.1 Å². The molecule has 3 nitrogen and oxygen atoms in total. The molecule has 0 amide bonds. The Morgan fingerprint density at radius 3 is 2.11 bits per heavy atom. The second-order valence-corrected chi connectivity index (χ2v) is 11.1. The molecule has 4 rings (SSSR count). The quantitative estimate of drug-likeness (QED) is 0.382. The van der Waals surface area contributed by atoms with Crippen molar-refractivity contribution in [3.63, 3.8) is 0 Å². The van der Waals surface area contributed by atoms with E-state index in [1.165, 1.54) is 28.7 Å². The topological polar surface area (TPSA) is 46.5 Å². The summed E-state index contributed by atoms with van der Waals surface area (Å²) in [6, 6.07) is 22.0. The van der Waals surface area contributed by atoms with E-state index in [-0.39, 0.29) is 10.8 Å². The van der Waals surface area contributed by atoms with Crippen LogP contribution >= 0.6 is 0 Å². The van der Waals surface area contributed by atoms with Crippen molar-refractivity contribution in [3.05, 3.63) is 106 Å². The molecule has 3 aromatic rings. The van der Waals surface area contributed by atoms with E-state index in [0.717, 1.165) is 29.7 Å². The number of carboxylic acids is 1. The highest BCUT2D eigenvalue weighted by atomic mass is 16.5. The Balaban J connectivity index is 1.69. The van der Waals surface area contributed by atoms with Gasteiger partial charge < -0.3 is 9.84 Å². The molecule has 1 N–H and O–H groups in total. The zero-order valence-electron chi connectivity index (χ0n) is 21.5. The smallest absolute Gasteiger partial charge is 0.335 e. The van der Waals surface area contributed by atoms with Crippen LogP contribution < -0.4 is 4.74 Å². The highest BCUT2D eigenvalue weighted by molar-refractivity contribution is 5.87. The van der Waals surface area contributed by atoms with E-state index < -0.39 is 5.97 Å². The standard InChI is InChI=1S/C32H36O3/c1-22(17-23-11-13-25(14-12-23)30(33)34)18-26-19-27-28(32(4,5)16-15-31(27,2)3)20-29(26)35-21-24-9-7-6-8-10-24/h6-14,17,19-20H,15-16,18,21H2,1-5H3,(H,33,34). The molecule has 0 unspecified atom stereocenters. The molecule has 3 heteroatoms. The molecule has 0 fully saturated rings. The summed E-state index contributed by atoms with van der Waals surface area (Å²) in [5, 5.41) is 9.16. The molecular formula is C32H36O3. The van der Waals surface area contributed by atoms with Gasteiger partial charge in [0.05, 0.1) is 5.56 Å². The fraction of sp³-hybridized carbons (Fsp3) is 0.344. The number of aromatic carboxylic acids is 1. The molecule has 35 heavy (non-hydrogen) atoms. The van der Waals surface area contributed by atoms with E-state index >= 15 is 0 Å². The summed E-state index contributed by atoms with van der Waals surface area (Å²) < 4.78 is 6.45. The summed E-state index contributed by atoms with van der Waals surface area (Å²) in [5.41, 5.74) is 7.91. The van der Waals surface area contributed by atoms with Crippen molar-refractivity contribution < 1.29 is 14.6 Å². The van der Waals surface area contributed by atoms with Gasteiger partial charge in [-0.05, 0) is 83.0 Å². The number of hydrogen-bond acceptors (Lipinski definition) is 2. The summed E-state index contributed by atoms with van der Waals surface area (Å²) in [5.74, 6) is 0.0457. The fourth-order valence-corrected chi connectivity index (χ4v) is 5.00.